The number of hydrogen-bond donors (Lipinski definition) is 1. The minimum absolute atomic E-state index is 0.168. The number of fused-ring (bicyclic) bond motifs is 1. The van der Waals surface area contributed by atoms with Gasteiger partial charge in [0.2, 0.25) is 0 Å². The first kappa shape index (κ1) is 15.2. The van der Waals surface area contributed by atoms with Crippen molar-refractivity contribution in [3.05, 3.63) is 47.4 Å². The van der Waals surface area contributed by atoms with Crippen molar-refractivity contribution in [1.29, 1.82) is 0 Å². The fourth-order valence-corrected chi connectivity index (χ4v) is 2.72. The van der Waals surface area contributed by atoms with Crippen molar-refractivity contribution in [2.45, 2.75) is 40.3 Å². The van der Waals surface area contributed by atoms with Crippen LogP contribution in [0.1, 0.15) is 47.5 Å². The van der Waals surface area contributed by atoms with Crippen molar-refractivity contribution < 1.29 is 4.79 Å². The average Bonchev–Trinajstić information content (AvgIpc) is 3.09. The Kier molecular flexibility index (Phi) is 3.85. The molecular weight excluding hydrogens is 292 g/mol. The molecule has 0 spiro atoms. The molecule has 0 fully saturated rings. The van der Waals surface area contributed by atoms with E-state index in [2.05, 4.69) is 20.4 Å². The van der Waals surface area contributed by atoms with Crippen LogP contribution >= 0.6 is 0 Å². The molecule has 1 amide bonds. The first-order valence-corrected chi connectivity index (χ1v) is 7.65. The topological polar surface area (TPSA) is 77.1 Å². The lowest BCUT2D eigenvalue weighted by Gasteiger charge is -2.14. The lowest BCUT2D eigenvalue weighted by Crippen LogP contribution is -2.30. The highest BCUT2D eigenvalue weighted by Gasteiger charge is 2.21. The molecule has 3 heterocycles. The molecule has 23 heavy (non-hydrogen) atoms. The maximum absolute atomic E-state index is 12.7. The molecule has 0 radical (unpaired) electrons. The van der Waals surface area contributed by atoms with E-state index in [1.807, 2.05) is 50.4 Å². The van der Waals surface area contributed by atoms with Gasteiger partial charge in [-0.3, -0.25) is 9.20 Å². The number of nitrogens with one attached hydrogen (secondary N) is 1. The first-order chi connectivity index (χ1) is 11.0. The molecule has 7 heteroatoms. The van der Waals surface area contributed by atoms with Gasteiger partial charge in [0, 0.05) is 12.7 Å². The molecular formula is C16H20N6O. The summed E-state index contributed by atoms with van der Waals surface area (Å²) in [6.45, 7) is 8.44. The molecule has 3 aromatic rings. The summed E-state index contributed by atoms with van der Waals surface area (Å²) in [7, 11) is 0. The number of imidazole rings is 1. The molecule has 0 bridgehead atoms. The van der Waals surface area contributed by atoms with Crippen LogP contribution in [0.3, 0.4) is 0 Å². The van der Waals surface area contributed by atoms with Gasteiger partial charge in [-0.15, -0.1) is 0 Å². The van der Waals surface area contributed by atoms with Crippen LogP contribution in [0, 0.1) is 13.8 Å². The van der Waals surface area contributed by atoms with E-state index in [0.717, 1.165) is 17.0 Å². The van der Waals surface area contributed by atoms with Crippen LogP contribution in [0.4, 0.5) is 0 Å². The molecule has 0 aliphatic rings. The second kappa shape index (κ2) is 5.83. The van der Waals surface area contributed by atoms with Gasteiger partial charge in [-0.1, -0.05) is 6.07 Å². The number of carbonyl (C=O) groups is 1. The number of aryl methyl sites for hydroxylation is 3. The van der Waals surface area contributed by atoms with E-state index in [1.165, 1.54) is 6.33 Å². The number of hydrogen-bond acceptors (Lipinski definition) is 4. The summed E-state index contributed by atoms with van der Waals surface area (Å²) in [5, 5.41) is 7.13. The Labute approximate surface area is 134 Å². The van der Waals surface area contributed by atoms with Crippen molar-refractivity contribution in [2.75, 3.05) is 0 Å². The van der Waals surface area contributed by atoms with Crippen molar-refractivity contribution in [3.63, 3.8) is 0 Å². The SMILES string of the molecule is CCn1ncnc1C(C)NC(=O)c1c(C)nc2ccc(C)cn12. The average molecular weight is 312 g/mol. The van der Waals surface area contributed by atoms with E-state index in [9.17, 15) is 4.79 Å². The van der Waals surface area contributed by atoms with Crippen molar-refractivity contribution in [3.8, 4) is 0 Å². The molecule has 3 aromatic heterocycles. The van der Waals surface area contributed by atoms with E-state index in [4.69, 9.17) is 0 Å². The van der Waals surface area contributed by atoms with Crippen LogP contribution < -0.4 is 5.32 Å². The zero-order valence-electron chi connectivity index (χ0n) is 13.7. The maximum atomic E-state index is 12.7. The summed E-state index contributed by atoms with van der Waals surface area (Å²) >= 11 is 0. The second-order valence-corrected chi connectivity index (χ2v) is 5.61. The standard InChI is InChI=1S/C16H20N6O/c1-5-22-15(17-9-18-22)12(4)20-16(23)14-11(3)19-13-7-6-10(2)8-21(13)14/h6-9,12H,5H2,1-4H3,(H,20,23). The van der Waals surface area contributed by atoms with E-state index in [-0.39, 0.29) is 11.9 Å². The van der Waals surface area contributed by atoms with Gasteiger partial charge in [-0.2, -0.15) is 5.10 Å². The summed E-state index contributed by atoms with van der Waals surface area (Å²) in [6.07, 6.45) is 3.42. The van der Waals surface area contributed by atoms with Crippen molar-refractivity contribution >= 4 is 11.6 Å². The van der Waals surface area contributed by atoms with Crippen LogP contribution in [0.15, 0.2) is 24.7 Å². The largest absolute Gasteiger partial charge is 0.341 e. The minimum atomic E-state index is -0.236. The van der Waals surface area contributed by atoms with Gasteiger partial charge in [0.25, 0.3) is 5.91 Å². The lowest BCUT2D eigenvalue weighted by molar-refractivity contribution is 0.0931. The molecule has 1 atom stereocenters. The van der Waals surface area contributed by atoms with Gasteiger partial charge in [0.05, 0.1) is 11.7 Å². The minimum Gasteiger partial charge on any atom is -0.341 e. The maximum Gasteiger partial charge on any atom is 0.270 e. The number of rotatable bonds is 4. The highest BCUT2D eigenvalue weighted by molar-refractivity contribution is 5.94. The summed E-state index contributed by atoms with van der Waals surface area (Å²) in [5.74, 6) is 0.572. The number of aromatic nitrogens is 5. The zero-order chi connectivity index (χ0) is 16.6. The summed E-state index contributed by atoms with van der Waals surface area (Å²) in [6, 6.07) is 3.66. The Hall–Kier alpha value is -2.70. The molecule has 0 aliphatic carbocycles. The summed E-state index contributed by atoms with van der Waals surface area (Å²) in [4.78, 5) is 21.4. The predicted octanol–water partition coefficient (Wildman–Crippen LogP) is 2.05. The monoisotopic (exact) mass is 312 g/mol. The highest BCUT2D eigenvalue weighted by Crippen LogP contribution is 2.15. The molecule has 3 rings (SSSR count). The third kappa shape index (κ3) is 2.69. The Balaban J connectivity index is 1.92. The van der Waals surface area contributed by atoms with Gasteiger partial charge in [-0.25, -0.2) is 14.6 Å². The lowest BCUT2D eigenvalue weighted by atomic mass is 10.2. The molecule has 0 saturated carbocycles. The van der Waals surface area contributed by atoms with Crippen LogP contribution in [0.25, 0.3) is 5.65 Å². The van der Waals surface area contributed by atoms with Crippen LogP contribution in [0.2, 0.25) is 0 Å². The van der Waals surface area contributed by atoms with Crippen LogP contribution in [-0.4, -0.2) is 30.1 Å². The first-order valence-electron chi connectivity index (χ1n) is 7.65. The molecule has 120 valence electrons. The Morgan fingerprint density at radius 2 is 2.13 bits per heavy atom. The molecule has 0 saturated heterocycles. The highest BCUT2D eigenvalue weighted by atomic mass is 16.2. The second-order valence-electron chi connectivity index (χ2n) is 5.61. The Bertz CT molecular complexity index is 863. The molecule has 0 aromatic carbocycles. The smallest absolute Gasteiger partial charge is 0.270 e. The molecule has 1 N–H and O–H groups in total. The zero-order valence-corrected chi connectivity index (χ0v) is 13.7. The number of amides is 1. The summed E-state index contributed by atoms with van der Waals surface area (Å²) in [5.41, 5.74) is 3.10. The van der Waals surface area contributed by atoms with Crippen LogP contribution in [0.5, 0.6) is 0 Å². The van der Waals surface area contributed by atoms with Crippen LogP contribution in [-0.2, 0) is 6.54 Å². The Morgan fingerprint density at radius 1 is 1.35 bits per heavy atom. The number of nitrogens with zero attached hydrogens (tertiary/aromatic N) is 5. The third-order valence-corrected chi connectivity index (χ3v) is 3.84. The fraction of sp³-hybridized carbons (Fsp3) is 0.375. The van der Waals surface area contributed by atoms with E-state index < -0.39 is 0 Å². The quantitative estimate of drug-likeness (QED) is 0.800. The Morgan fingerprint density at radius 3 is 2.87 bits per heavy atom. The number of carbonyl (C=O) groups excluding carboxylic acids is 1. The van der Waals surface area contributed by atoms with Crippen molar-refractivity contribution in [2.24, 2.45) is 0 Å². The molecule has 1 unspecified atom stereocenters. The fourth-order valence-electron chi connectivity index (χ4n) is 2.72. The normalized spacial score (nSPS) is 12.5. The molecule has 7 nitrogen and oxygen atoms in total. The van der Waals surface area contributed by atoms with Gasteiger partial charge in [-0.05, 0) is 39.3 Å². The van der Waals surface area contributed by atoms with E-state index >= 15 is 0 Å². The summed E-state index contributed by atoms with van der Waals surface area (Å²) < 4.78 is 3.60. The van der Waals surface area contributed by atoms with Gasteiger partial charge < -0.3 is 5.32 Å². The molecule has 0 aliphatic heterocycles. The van der Waals surface area contributed by atoms with Gasteiger partial charge in [0.15, 0.2) is 0 Å². The van der Waals surface area contributed by atoms with Gasteiger partial charge >= 0.3 is 0 Å². The predicted molar refractivity (Wildman–Crippen MR) is 86.2 cm³/mol. The van der Waals surface area contributed by atoms with E-state index in [0.29, 0.717) is 17.9 Å². The number of pyridine rings is 1. The van der Waals surface area contributed by atoms with Crippen molar-refractivity contribution in [1.82, 2.24) is 29.5 Å². The third-order valence-electron chi connectivity index (χ3n) is 3.84. The van der Waals surface area contributed by atoms with Gasteiger partial charge in [0.1, 0.15) is 23.5 Å². The van der Waals surface area contributed by atoms with E-state index in [1.54, 1.807) is 4.68 Å².